The van der Waals surface area contributed by atoms with Crippen molar-refractivity contribution < 1.29 is 35.8 Å². The minimum Gasteiger partial charge on any atom is -0.346 e. The van der Waals surface area contributed by atoms with Gasteiger partial charge in [0.1, 0.15) is 0 Å². The highest BCUT2D eigenvalue weighted by molar-refractivity contribution is 5.33. The molecule has 0 aliphatic carbocycles. The predicted octanol–water partition coefficient (Wildman–Crippen LogP) is 5.32. The molecule has 1 heterocycles. The Labute approximate surface area is 163 Å². The van der Waals surface area contributed by atoms with Crippen LogP contribution in [-0.4, -0.2) is 18.9 Å². The number of hydrogen-bond donors (Lipinski definition) is 1. The van der Waals surface area contributed by atoms with Crippen LogP contribution in [0, 0.1) is 0 Å². The largest absolute Gasteiger partial charge is 0.416 e. The molecule has 9 heteroatoms. The quantitative estimate of drug-likeness (QED) is 0.681. The maximum atomic E-state index is 13.0. The van der Waals surface area contributed by atoms with Crippen molar-refractivity contribution in [2.75, 3.05) is 6.54 Å². The molecule has 1 aliphatic heterocycles. The Morgan fingerprint density at radius 2 is 1.55 bits per heavy atom. The van der Waals surface area contributed by atoms with Crippen LogP contribution in [0.25, 0.3) is 0 Å². The highest BCUT2D eigenvalue weighted by atomic mass is 19.4. The molecule has 0 unspecified atom stereocenters. The maximum Gasteiger partial charge on any atom is 0.416 e. The zero-order valence-electron chi connectivity index (χ0n) is 15.3. The molecule has 2 aromatic rings. The molecule has 29 heavy (non-hydrogen) atoms. The lowest BCUT2D eigenvalue weighted by Gasteiger charge is -2.36. The summed E-state index contributed by atoms with van der Waals surface area (Å²) < 4.78 is 89.5. The second kappa shape index (κ2) is 8.33. The fourth-order valence-corrected chi connectivity index (χ4v) is 3.10. The monoisotopic (exact) mass is 419 g/mol. The Bertz CT molecular complexity index is 790. The highest BCUT2D eigenvalue weighted by Gasteiger charge is 2.37. The Kier molecular flexibility index (Phi) is 6.21. The van der Waals surface area contributed by atoms with Gasteiger partial charge in [0.25, 0.3) is 0 Å². The fourth-order valence-electron chi connectivity index (χ4n) is 3.10. The normalized spacial score (nSPS) is 23.2. The molecule has 3 atom stereocenters. The molecule has 0 bridgehead atoms. The first-order chi connectivity index (χ1) is 13.5. The van der Waals surface area contributed by atoms with Gasteiger partial charge < -0.3 is 14.8 Å². The fraction of sp³-hybridized carbons (Fsp3) is 0.400. The van der Waals surface area contributed by atoms with E-state index in [0.29, 0.717) is 18.7 Å². The lowest BCUT2D eigenvalue weighted by atomic mass is 10.0. The van der Waals surface area contributed by atoms with Crippen LogP contribution in [0.2, 0.25) is 0 Å². The van der Waals surface area contributed by atoms with Crippen LogP contribution in [-0.2, 0) is 28.4 Å². The molecule has 2 aromatic carbocycles. The number of nitrogens with one attached hydrogen (secondary N) is 1. The lowest BCUT2D eigenvalue weighted by molar-refractivity contribution is -0.208. The molecule has 1 N–H and O–H groups in total. The number of benzene rings is 2. The molecule has 1 saturated heterocycles. The molecule has 0 saturated carbocycles. The summed E-state index contributed by atoms with van der Waals surface area (Å²) in [7, 11) is 0. The van der Waals surface area contributed by atoms with Crippen LogP contribution >= 0.6 is 0 Å². The second-order valence-corrected chi connectivity index (χ2v) is 6.84. The van der Waals surface area contributed by atoms with Crippen LogP contribution in [0.1, 0.15) is 35.2 Å². The summed E-state index contributed by atoms with van der Waals surface area (Å²) in [4.78, 5) is 0. The van der Waals surface area contributed by atoms with Gasteiger partial charge >= 0.3 is 12.4 Å². The summed E-state index contributed by atoms with van der Waals surface area (Å²) in [5.41, 5.74) is -2.15. The average Bonchev–Trinajstić information content (AvgIpc) is 2.65. The number of hydrogen-bond acceptors (Lipinski definition) is 3. The zero-order valence-corrected chi connectivity index (χ0v) is 15.3. The third kappa shape index (κ3) is 5.49. The van der Waals surface area contributed by atoms with Crippen molar-refractivity contribution in [1.82, 2.24) is 5.32 Å². The Balaban J connectivity index is 1.83. The minimum absolute atomic E-state index is 0.0943. The standard InChI is InChI=1S/C20H19F6NO2/c1-12-10-27-17(14-5-3-2-4-6-14)18(29-12)28-11-13-7-15(19(21,22)23)9-16(8-13)20(24,25)26/h2-9,12,17-18,27H,10-11H2,1H3/t12-,17+,18-/m0/s1. The lowest BCUT2D eigenvalue weighted by Crippen LogP contribution is -2.47. The van der Waals surface area contributed by atoms with Crippen LogP contribution in [0.3, 0.4) is 0 Å². The van der Waals surface area contributed by atoms with E-state index in [1.165, 1.54) is 0 Å². The van der Waals surface area contributed by atoms with Crippen LogP contribution < -0.4 is 5.32 Å². The van der Waals surface area contributed by atoms with Crippen molar-refractivity contribution in [2.24, 2.45) is 0 Å². The summed E-state index contributed by atoms with van der Waals surface area (Å²) in [6, 6.07) is 10.1. The molecular weight excluding hydrogens is 400 g/mol. The number of alkyl halides is 6. The van der Waals surface area contributed by atoms with E-state index in [1.54, 1.807) is 6.92 Å². The number of ether oxygens (including phenoxy) is 2. The second-order valence-electron chi connectivity index (χ2n) is 6.84. The van der Waals surface area contributed by atoms with E-state index < -0.39 is 42.4 Å². The van der Waals surface area contributed by atoms with Gasteiger partial charge in [-0.15, -0.1) is 0 Å². The van der Waals surface area contributed by atoms with E-state index in [0.717, 1.165) is 5.56 Å². The smallest absolute Gasteiger partial charge is 0.346 e. The predicted molar refractivity (Wildman–Crippen MR) is 92.8 cm³/mol. The van der Waals surface area contributed by atoms with Crippen LogP contribution in [0.15, 0.2) is 48.5 Å². The molecule has 0 amide bonds. The molecule has 0 aromatic heterocycles. The van der Waals surface area contributed by atoms with Gasteiger partial charge in [0, 0.05) is 6.54 Å². The molecule has 0 spiro atoms. The molecule has 3 rings (SSSR count). The van der Waals surface area contributed by atoms with E-state index in [4.69, 9.17) is 9.47 Å². The first-order valence-corrected chi connectivity index (χ1v) is 8.88. The third-order valence-electron chi connectivity index (χ3n) is 4.48. The minimum atomic E-state index is -4.90. The van der Waals surface area contributed by atoms with E-state index in [1.807, 2.05) is 30.3 Å². The molecular formula is C20H19F6NO2. The van der Waals surface area contributed by atoms with Gasteiger partial charge in [0.2, 0.25) is 0 Å². The van der Waals surface area contributed by atoms with E-state index in [2.05, 4.69) is 5.32 Å². The number of rotatable bonds is 4. The Hall–Kier alpha value is -2.10. The van der Waals surface area contributed by atoms with Gasteiger partial charge in [0.15, 0.2) is 6.29 Å². The summed E-state index contributed by atoms with van der Waals surface area (Å²) in [6.45, 7) is 1.85. The Morgan fingerprint density at radius 1 is 0.966 bits per heavy atom. The highest BCUT2D eigenvalue weighted by Crippen LogP contribution is 2.36. The SMILES string of the molecule is C[C@H]1CN[C@H](c2ccccc2)[C@@H](OCc2cc(C(F)(F)F)cc(C(F)(F)F)c2)O1. The van der Waals surface area contributed by atoms with Crippen LogP contribution in [0.5, 0.6) is 0 Å². The van der Waals surface area contributed by atoms with Crippen LogP contribution in [0.4, 0.5) is 26.3 Å². The molecule has 1 aliphatic rings. The summed E-state index contributed by atoms with van der Waals surface area (Å²) >= 11 is 0. The molecule has 3 nitrogen and oxygen atoms in total. The maximum absolute atomic E-state index is 13.0. The van der Waals surface area contributed by atoms with Crippen molar-refractivity contribution in [1.29, 1.82) is 0 Å². The summed E-state index contributed by atoms with van der Waals surface area (Å²) in [5, 5.41) is 3.23. The first-order valence-electron chi connectivity index (χ1n) is 8.88. The van der Waals surface area contributed by atoms with Crippen molar-refractivity contribution >= 4 is 0 Å². The molecule has 0 radical (unpaired) electrons. The van der Waals surface area contributed by atoms with Crippen molar-refractivity contribution in [2.45, 2.75) is 44.3 Å². The molecule has 1 fully saturated rings. The van der Waals surface area contributed by atoms with Gasteiger partial charge in [0.05, 0.1) is 29.9 Å². The van der Waals surface area contributed by atoms with Crippen molar-refractivity contribution in [3.05, 3.63) is 70.8 Å². The van der Waals surface area contributed by atoms with Crippen molar-refractivity contribution in [3.63, 3.8) is 0 Å². The average molecular weight is 419 g/mol. The van der Waals surface area contributed by atoms with Gasteiger partial charge in [-0.05, 0) is 36.2 Å². The van der Waals surface area contributed by atoms with E-state index in [9.17, 15) is 26.3 Å². The van der Waals surface area contributed by atoms with Crippen molar-refractivity contribution in [3.8, 4) is 0 Å². The number of morpholine rings is 1. The summed E-state index contributed by atoms with van der Waals surface area (Å²) in [5.74, 6) is 0. The van der Waals surface area contributed by atoms with E-state index in [-0.39, 0.29) is 17.7 Å². The van der Waals surface area contributed by atoms with Gasteiger partial charge in [-0.1, -0.05) is 30.3 Å². The van der Waals surface area contributed by atoms with Gasteiger partial charge in [-0.3, -0.25) is 0 Å². The number of halogens is 6. The molecule has 158 valence electrons. The summed E-state index contributed by atoms with van der Waals surface area (Å²) in [6.07, 6.45) is -10.9. The van der Waals surface area contributed by atoms with Gasteiger partial charge in [-0.25, -0.2) is 0 Å². The van der Waals surface area contributed by atoms with Gasteiger partial charge in [-0.2, -0.15) is 26.3 Å². The van der Waals surface area contributed by atoms with E-state index >= 15 is 0 Å². The first kappa shape index (κ1) is 21.6. The third-order valence-corrected chi connectivity index (χ3v) is 4.48. The zero-order chi connectivity index (χ0) is 21.2. The Morgan fingerprint density at radius 3 is 2.10 bits per heavy atom. The topological polar surface area (TPSA) is 30.5 Å².